The third-order valence-electron chi connectivity index (χ3n) is 5.89. The van der Waals surface area contributed by atoms with Crippen LogP contribution in [0.3, 0.4) is 0 Å². The molecule has 39 heavy (non-hydrogen) atoms. The Morgan fingerprint density at radius 3 is 2.77 bits per heavy atom. The first kappa shape index (κ1) is 25.9. The normalized spacial score (nSPS) is 15.9. The summed E-state index contributed by atoms with van der Waals surface area (Å²) in [5.74, 6) is -0.902. The van der Waals surface area contributed by atoms with Crippen molar-refractivity contribution >= 4 is 23.6 Å². The number of alkyl halides is 2. The summed E-state index contributed by atoms with van der Waals surface area (Å²) in [5.41, 5.74) is 2.85. The lowest BCUT2D eigenvalue weighted by molar-refractivity contribution is 0.116. The number of pyridine rings is 1. The minimum atomic E-state index is -2.85. The summed E-state index contributed by atoms with van der Waals surface area (Å²) < 4.78 is 35.8. The number of hydrogen-bond acceptors (Lipinski definition) is 10. The molecular weight excluding hydrogens is 514 g/mol. The van der Waals surface area contributed by atoms with Gasteiger partial charge in [0.15, 0.2) is 0 Å². The summed E-state index contributed by atoms with van der Waals surface area (Å²) in [6.45, 7) is 6.27. The van der Waals surface area contributed by atoms with Crippen molar-refractivity contribution in [2.24, 2.45) is 10.2 Å². The number of aromatic hydroxyl groups is 1. The van der Waals surface area contributed by atoms with Crippen LogP contribution in [-0.2, 0) is 11.3 Å². The van der Waals surface area contributed by atoms with E-state index in [1.54, 1.807) is 35.4 Å². The number of phenolic OH excluding ortho intramolecular Hbond substituents is 1. The van der Waals surface area contributed by atoms with Gasteiger partial charge in [-0.2, -0.15) is 24.1 Å². The van der Waals surface area contributed by atoms with E-state index in [0.29, 0.717) is 54.4 Å². The maximum atomic E-state index is 12.7. The molecule has 0 aliphatic carbocycles. The molecule has 0 bridgehead atoms. The lowest BCUT2D eigenvalue weighted by atomic mass is 10.0. The van der Waals surface area contributed by atoms with Gasteiger partial charge in [0.05, 0.1) is 29.8 Å². The van der Waals surface area contributed by atoms with Crippen LogP contribution in [0, 0.1) is 0 Å². The van der Waals surface area contributed by atoms with E-state index in [0.717, 1.165) is 6.42 Å². The zero-order valence-corrected chi connectivity index (χ0v) is 20.6. The molecule has 12 nitrogen and oxygen atoms in total. The monoisotopic (exact) mass is 538 g/mol. The number of halogens is 2. The van der Waals surface area contributed by atoms with Gasteiger partial charge < -0.3 is 24.5 Å². The van der Waals surface area contributed by atoms with Gasteiger partial charge in [-0.05, 0) is 36.8 Å². The Labute approximate surface area is 221 Å². The molecule has 3 aromatic rings. The second-order valence-corrected chi connectivity index (χ2v) is 8.65. The minimum Gasteiger partial charge on any atom is -0.506 e. The maximum absolute atomic E-state index is 12.7. The number of amides is 2. The number of phenols is 1. The lowest BCUT2D eigenvalue weighted by Gasteiger charge is -2.22. The van der Waals surface area contributed by atoms with E-state index in [-0.39, 0.29) is 29.9 Å². The smallest absolute Gasteiger partial charge is 0.322 e. The molecule has 4 heterocycles. The van der Waals surface area contributed by atoms with Crippen LogP contribution in [-0.4, -0.2) is 74.6 Å². The molecule has 0 saturated carbocycles. The first-order valence-corrected chi connectivity index (χ1v) is 12.0. The van der Waals surface area contributed by atoms with Crippen molar-refractivity contribution < 1.29 is 27.8 Å². The highest BCUT2D eigenvalue weighted by Crippen LogP contribution is 2.27. The molecule has 2 amide bonds. The quantitative estimate of drug-likeness (QED) is 0.452. The van der Waals surface area contributed by atoms with Crippen LogP contribution in [0.15, 0.2) is 63.3 Å². The summed E-state index contributed by atoms with van der Waals surface area (Å²) in [7, 11) is 0. The van der Waals surface area contributed by atoms with Crippen LogP contribution in [0.5, 0.6) is 5.75 Å². The van der Waals surface area contributed by atoms with Crippen molar-refractivity contribution in [2.45, 2.75) is 19.4 Å². The third-order valence-corrected chi connectivity index (χ3v) is 5.89. The van der Waals surface area contributed by atoms with Crippen molar-refractivity contribution in [3.63, 3.8) is 0 Å². The molecule has 1 aromatic carbocycles. The van der Waals surface area contributed by atoms with Crippen molar-refractivity contribution in [2.75, 3.05) is 31.6 Å². The van der Waals surface area contributed by atoms with Crippen molar-refractivity contribution in [3.05, 3.63) is 65.8 Å². The third kappa shape index (κ3) is 6.06. The number of carbonyl (C=O) groups excluding carboxylic acids is 1. The van der Waals surface area contributed by atoms with Crippen molar-refractivity contribution in [1.82, 2.24) is 25.2 Å². The fourth-order valence-electron chi connectivity index (χ4n) is 3.88. The molecule has 202 valence electrons. The molecule has 2 aliphatic heterocycles. The van der Waals surface area contributed by atoms with Crippen LogP contribution in [0.2, 0.25) is 0 Å². The van der Waals surface area contributed by atoms with Crippen LogP contribution in [0.25, 0.3) is 11.5 Å². The topological polar surface area (TPSA) is 142 Å². The predicted octanol–water partition coefficient (Wildman–Crippen LogP) is 3.79. The largest absolute Gasteiger partial charge is 0.506 e. The molecule has 1 saturated heterocycles. The van der Waals surface area contributed by atoms with E-state index in [4.69, 9.17) is 9.15 Å². The highest BCUT2D eigenvalue weighted by Gasteiger charge is 2.21. The van der Waals surface area contributed by atoms with Crippen LogP contribution in [0.4, 0.5) is 19.3 Å². The first-order valence-electron chi connectivity index (χ1n) is 12.0. The maximum Gasteiger partial charge on any atom is 0.322 e. The highest BCUT2D eigenvalue weighted by atomic mass is 19.3. The molecule has 1 fully saturated rings. The fourth-order valence-corrected chi connectivity index (χ4v) is 3.88. The molecule has 2 N–H and O–H groups in total. The zero-order valence-electron chi connectivity index (χ0n) is 20.6. The number of urea groups is 1. The standard InChI is InChI=1S/C25H24F2N8O4/c1-15-12-29-35(14-18-5-3-17(13-28-18)23-31-32-24(39-23)22(26)27)33-21(15)16-4-6-20(36)19(11-16)30-25(37)34-7-2-9-38-10-8-34/h3-6,11-13,22,36H,1-2,7-10,14H2,(H,30,37). The number of hydrogen-bond donors (Lipinski definition) is 2. The van der Waals surface area contributed by atoms with Gasteiger partial charge in [-0.25, -0.2) is 4.79 Å². The van der Waals surface area contributed by atoms with Gasteiger partial charge in [0, 0.05) is 37.0 Å². The van der Waals surface area contributed by atoms with Crippen molar-refractivity contribution in [3.8, 4) is 17.2 Å². The van der Waals surface area contributed by atoms with E-state index in [2.05, 4.69) is 37.3 Å². The van der Waals surface area contributed by atoms with Gasteiger partial charge in [0.2, 0.25) is 5.89 Å². The van der Waals surface area contributed by atoms with Gasteiger partial charge in [-0.15, -0.1) is 10.2 Å². The summed E-state index contributed by atoms with van der Waals surface area (Å²) in [6.07, 6.45) is 0.858. The Kier molecular flexibility index (Phi) is 7.54. The SMILES string of the molecule is C=C1C=NN(Cc2ccc(-c3nnc(C(F)F)o3)cn2)N=C1c1ccc(O)c(NC(=O)N2CCCOCC2)c1. The highest BCUT2D eigenvalue weighted by molar-refractivity contribution is 6.24. The Morgan fingerprint density at radius 1 is 1.15 bits per heavy atom. The first-order chi connectivity index (χ1) is 18.9. The van der Waals surface area contributed by atoms with Gasteiger partial charge in [0.1, 0.15) is 18.0 Å². The second kappa shape index (κ2) is 11.3. The number of allylic oxidation sites excluding steroid dienone is 1. The molecule has 2 aromatic heterocycles. The molecular formula is C25H24F2N8O4. The van der Waals surface area contributed by atoms with E-state index >= 15 is 0 Å². The van der Waals surface area contributed by atoms with Crippen LogP contribution < -0.4 is 5.32 Å². The van der Waals surface area contributed by atoms with Crippen LogP contribution in [0.1, 0.15) is 30.0 Å². The number of nitrogens with zero attached hydrogens (tertiary/aromatic N) is 7. The Bertz CT molecular complexity index is 1420. The van der Waals surface area contributed by atoms with E-state index in [1.165, 1.54) is 17.4 Å². The number of aromatic nitrogens is 3. The van der Waals surface area contributed by atoms with Gasteiger partial charge in [-0.3, -0.25) is 4.98 Å². The Hall–Kier alpha value is -4.72. The number of carbonyl (C=O) groups is 1. The second-order valence-electron chi connectivity index (χ2n) is 8.65. The number of anilines is 1. The molecule has 14 heteroatoms. The van der Waals surface area contributed by atoms with E-state index < -0.39 is 12.3 Å². The molecule has 0 spiro atoms. The van der Waals surface area contributed by atoms with Crippen LogP contribution >= 0.6 is 0 Å². The lowest BCUT2D eigenvalue weighted by Crippen LogP contribution is -2.36. The summed E-state index contributed by atoms with van der Waals surface area (Å²) >= 11 is 0. The number of rotatable bonds is 6. The summed E-state index contributed by atoms with van der Waals surface area (Å²) in [6, 6.07) is 7.71. The van der Waals surface area contributed by atoms with Gasteiger partial charge >= 0.3 is 12.5 Å². The fraction of sp³-hybridized carbons (Fsp3) is 0.280. The Morgan fingerprint density at radius 2 is 2.00 bits per heavy atom. The molecule has 5 rings (SSSR count). The van der Waals surface area contributed by atoms with Gasteiger partial charge in [-0.1, -0.05) is 6.58 Å². The number of nitrogens with one attached hydrogen (secondary N) is 1. The molecule has 0 atom stereocenters. The number of benzene rings is 1. The molecule has 0 unspecified atom stereocenters. The Balaban J connectivity index is 1.29. The summed E-state index contributed by atoms with van der Waals surface area (Å²) in [4.78, 5) is 18.7. The van der Waals surface area contributed by atoms with Crippen molar-refractivity contribution in [1.29, 1.82) is 0 Å². The number of ether oxygens (including phenoxy) is 1. The average molecular weight is 539 g/mol. The predicted molar refractivity (Wildman–Crippen MR) is 136 cm³/mol. The minimum absolute atomic E-state index is 0.0589. The van der Waals surface area contributed by atoms with E-state index in [9.17, 15) is 18.7 Å². The van der Waals surface area contributed by atoms with E-state index in [1.807, 2.05) is 0 Å². The zero-order chi connectivity index (χ0) is 27.4. The number of hydrazone groups is 2. The van der Waals surface area contributed by atoms with Gasteiger partial charge in [0.25, 0.3) is 5.89 Å². The molecule has 0 radical (unpaired) electrons. The molecule has 2 aliphatic rings. The average Bonchev–Trinajstić information content (AvgIpc) is 3.27. The summed E-state index contributed by atoms with van der Waals surface area (Å²) in [5, 5.41) is 30.3.